The summed E-state index contributed by atoms with van der Waals surface area (Å²) in [4.78, 5) is 12.9. The summed E-state index contributed by atoms with van der Waals surface area (Å²) >= 11 is 0. The van der Waals surface area contributed by atoms with Gasteiger partial charge in [-0.1, -0.05) is 6.07 Å². The summed E-state index contributed by atoms with van der Waals surface area (Å²) in [7, 11) is 2.05. The number of nitro benzene ring substituents is 1. The van der Waals surface area contributed by atoms with Crippen molar-refractivity contribution in [1.82, 2.24) is 4.90 Å². The maximum absolute atomic E-state index is 11.0. The molecule has 0 spiro atoms. The Hall–Kier alpha value is -1.66. The number of nitro groups is 1. The van der Waals surface area contributed by atoms with Crippen LogP contribution in [0.25, 0.3) is 0 Å². The molecule has 1 fully saturated rings. The third-order valence-electron chi connectivity index (χ3n) is 3.62. The summed E-state index contributed by atoms with van der Waals surface area (Å²) in [6.07, 6.45) is 2.58. The van der Waals surface area contributed by atoms with Crippen LogP contribution in [0.3, 0.4) is 0 Å². The average Bonchev–Trinajstić information content (AvgIpc) is 2.91. The van der Waals surface area contributed by atoms with E-state index in [2.05, 4.69) is 17.3 Å². The number of benzene rings is 1. The largest absolute Gasteiger partial charge is 0.380 e. The molecular weight excluding hydrogens is 270 g/mol. The molecule has 1 aromatic carbocycles. The molecule has 21 heavy (non-hydrogen) atoms. The zero-order valence-electron chi connectivity index (χ0n) is 12.7. The molecule has 0 aliphatic carbocycles. The van der Waals surface area contributed by atoms with Gasteiger partial charge in [-0.15, -0.1) is 0 Å². The minimum absolute atomic E-state index is 0.127. The molecule has 0 aromatic heterocycles. The van der Waals surface area contributed by atoms with Gasteiger partial charge in [-0.05, 0) is 38.4 Å². The fourth-order valence-corrected chi connectivity index (χ4v) is 2.68. The maximum Gasteiger partial charge on any atom is 0.292 e. The molecule has 1 heterocycles. The molecule has 2 rings (SSSR count). The highest BCUT2D eigenvalue weighted by Gasteiger charge is 2.18. The second-order valence-electron chi connectivity index (χ2n) is 5.47. The van der Waals surface area contributed by atoms with Crippen LogP contribution in [0.5, 0.6) is 0 Å². The smallest absolute Gasteiger partial charge is 0.292 e. The van der Waals surface area contributed by atoms with E-state index < -0.39 is 0 Å². The predicted octanol–water partition coefficient (Wildman–Crippen LogP) is 2.64. The zero-order valence-corrected chi connectivity index (χ0v) is 12.7. The third-order valence-corrected chi connectivity index (χ3v) is 3.62. The van der Waals surface area contributed by atoms with Gasteiger partial charge in [0.1, 0.15) is 5.69 Å². The average molecular weight is 293 g/mol. The van der Waals surface area contributed by atoms with E-state index in [1.165, 1.54) is 0 Å². The summed E-state index contributed by atoms with van der Waals surface area (Å²) < 4.78 is 5.63. The molecule has 0 bridgehead atoms. The Morgan fingerprint density at radius 1 is 1.52 bits per heavy atom. The van der Waals surface area contributed by atoms with Crippen molar-refractivity contribution in [2.45, 2.75) is 32.4 Å². The number of ether oxygens (including phenoxy) is 1. The molecule has 1 aliphatic heterocycles. The van der Waals surface area contributed by atoms with Crippen molar-refractivity contribution in [3.8, 4) is 0 Å². The van der Waals surface area contributed by atoms with Crippen molar-refractivity contribution in [3.05, 3.63) is 33.9 Å². The first kappa shape index (κ1) is 15.7. The minimum atomic E-state index is -0.349. The molecule has 116 valence electrons. The summed E-state index contributed by atoms with van der Waals surface area (Å²) in [5.74, 6) is 0. The first-order chi connectivity index (χ1) is 10.1. The minimum Gasteiger partial charge on any atom is -0.380 e. The van der Waals surface area contributed by atoms with Gasteiger partial charge in [0, 0.05) is 32.3 Å². The Balaban J connectivity index is 2.01. The second kappa shape index (κ2) is 7.38. The van der Waals surface area contributed by atoms with Crippen LogP contribution in [0.2, 0.25) is 0 Å². The van der Waals surface area contributed by atoms with E-state index in [1.807, 2.05) is 19.1 Å². The number of hydrogen-bond donors (Lipinski definition) is 1. The molecule has 1 saturated heterocycles. The van der Waals surface area contributed by atoms with E-state index in [4.69, 9.17) is 4.74 Å². The highest BCUT2D eigenvalue weighted by molar-refractivity contribution is 5.62. The molecule has 6 nitrogen and oxygen atoms in total. The Kier molecular flexibility index (Phi) is 5.52. The molecule has 0 saturated carbocycles. The Bertz CT molecular complexity index is 487. The molecular formula is C15H23N3O3. The summed E-state index contributed by atoms with van der Waals surface area (Å²) in [6.45, 7) is 5.11. The Morgan fingerprint density at radius 2 is 2.33 bits per heavy atom. The quantitative estimate of drug-likeness (QED) is 0.618. The van der Waals surface area contributed by atoms with Gasteiger partial charge in [-0.2, -0.15) is 0 Å². The van der Waals surface area contributed by atoms with Crippen molar-refractivity contribution in [2.24, 2.45) is 0 Å². The third kappa shape index (κ3) is 4.41. The van der Waals surface area contributed by atoms with Crippen molar-refractivity contribution in [2.75, 3.05) is 32.1 Å². The predicted molar refractivity (Wildman–Crippen MR) is 82.6 cm³/mol. The molecule has 1 atom stereocenters. The highest BCUT2D eigenvalue weighted by atomic mass is 16.6. The van der Waals surface area contributed by atoms with Crippen molar-refractivity contribution < 1.29 is 9.66 Å². The SMILES string of the molecule is CCNc1cc(CN(C)CC2CCCO2)ccc1[N+](=O)[O-]. The van der Waals surface area contributed by atoms with Crippen molar-refractivity contribution in [3.63, 3.8) is 0 Å². The molecule has 1 aliphatic rings. The lowest BCUT2D eigenvalue weighted by atomic mass is 10.1. The van der Waals surface area contributed by atoms with E-state index in [0.717, 1.165) is 38.1 Å². The van der Waals surface area contributed by atoms with Gasteiger partial charge in [0.25, 0.3) is 5.69 Å². The van der Waals surface area contributed by atoms with Gasteiger partial charge in [-0.3, -0.25) is 15.0 Å². The van der Waals surface area contributed by atoms with Crippen LogP contribution in [-0.2, 0) is 11.3 Å². The fraction of sp³-hybridized carbons (Fsp3) is 0.600. The molecule has 0 radical (unpaired) electrons. The lowest BCUT2D eigenvalue weighted by molar-refractivity contribution is -0.384. The van der Waals surface area contributed by atoms with E-state index in [-0.39, 0.29) is 10.6 Å². The van der Waals surface area contributed by atoms with Gasteiger partial charge >= 0.3 is 0 Å². The first-order valence-electron chi connectivity index (χ1n) is 7.41. The van der Waals surface area contributed by atoms with Gasteiger partial charge in [0.15, 0.2) is 0 Å². The van der Waals surface area contributed by atoms with E-state index in [1.54, 1.807) is 6.07 Å². The van der Waals surface area contributed by atoms with Crippen molar-refractivity contribution in [1.29, 1.82) is 0 Å². The standard InChI is InChI=1S/C15H23N3O3/c1-3-16-14-9-12(6-7-15(14)18(19)20)10-17(2)11-13-5-4-8-21-13/h6-7,9,13,16H,3-5,8,10-11H2,1-2H3. The van der Waals surface area contributed by atoms with Crippen LogP contribution in [0.4, 0.5) is 11.4 Å². The number of nitrogens with zero attached hydrogens (tertiary/aromatic N) is 2. The monoisotopic (exact) mass is 293 g/mol. The van der Waals surface area contributed by atoms with Crippen LogP contribution in [0, 0.1) is 10.1 Å². The zero-order chi connectivity index (χ0) is 15.2. The van der Waals surface area contributed by atoms with Gasteiger partial charge in [0.05, 0.1) is 11.0 Å². The Labute approximate surface area is 125 Å². The van der Waals surface area contributed by atoms with Crippen LogP contribution in [0.15, 0.2) is 18.2 Å². The van der Waals surface area contributed by atoms with Crippen LogP contribution in [-0.4, -0.2) is 42.7 Å². The van der Waals surface area contributed by atoms with Gasteiger partial charge in [0.2, 0.25) is 0 Å². The lowest BCUT2D eigenvalue weighted by Gasteiger charge is -2.20. The second-order valence-corrected chi connectivity index (χ2v) is 5.47. The van der Waals surface area contributed by atoms with Crippen LogP contribution < -0.4 is 5.32 Å². The summed E-state index contributed by atoms with van der Waals surface area (Å²) in [6, 6.07) is 5.27. The first-order valence-corrected chi connectivity index (χ1v) is 7.41. The molecule has 6 heteroatoms. The maximum atomic E-state index is 11.0. The van der Waals surface area contributed by atoms with E-state index in [9.17, 15) is 10.1 Å². The van der Waals surface area contributed by atoms with Crippen LogP contribution >= 0.6 is 0 Å². The van der Waals surface area contributed by atoms with E-state index in [0.29, 0.717) is 18.3 Å². The molecule has 1 unspecified atom stereocenters. The highest BCUT2D eigenvalue weighted by Crippen LogP contribution is 2.26. The Morgan fingerprint density at radius 3 is 2.95 bits per heavy atom. The van der Waals surface area contributed by atoms with Gasteiger partial charge in [-0.25, -0.2) is 0 Å². The lowest BCUT2D eigenvalue weighted by Crippen LogP contribution is -2.28. The van der Waals surface area contributed by atoms with Gasteiger partial charge < -0.3 is 10.1 Å². The number of nitrogens with one attached hydrogen (secondary N) is 1. The van der Waals surface area contributed by atoms with Crippen LogP contribution in [0.1, 0.15) is 25.3 Å². The van der Waals surface area contributed by atoms with E-state index >= 15 is 0 Å². The number of likely N-dealkylation sites (N-methyl/N-ethyl adjacent to an activating group) is 1. The number of hydrogen-bond acceptors (Lipinski definition) is 5. The summed E-state index contributed by atoms with van der Waals surface area (Å²) in [5.41, 5.74) is 1.78. The molecule has 0 amide bonds. The fourth-order valence-electron chi connectivity index (χ4n) is 2.68. The normalized spacial score (nSPS) is 18.1. The number of rotatable bonds is 7. The molecule has 1 N–H and O–H groups in total. The number of anilines is 1. The molecule has 1 aromatic rings. The topological polar surface area (TPSA) is 67.6 Å². The van der Waals surface area contributed by atoms with Crippen molar-refractivity contribution >= 4 is 11.4 Å². The summed E-state index contributed by atoms with van der Waals surface area (Å²) in [5, 5.41) is 14.1.